The molecule has 0 fully saturated rings. The molecule has 1 aliphatic heterocycles. The topological polar surface area (TPSA) is 72.6 Å². The summed E-state index contributed by atoms with van der Waals surface area (Å²) in [6, 6.07) is 10.3. The van der Waals surface area contributed by atoms with Crippen LogP contribution in [0.25, 0.3) is 0 Å². The first-order valence-corrected chi connectivity index (χ1v) is 7.74. The molecule has 1 aliphatic rings. The summed E-state index contributed by atoms with van der Waals surface area (Å²) in [6.45, 7) is 0.343. The molecule has 21 heavy (non-hydrogen) atoms. The van der Waals surface area contributed by atoms with Gasteiger partial charge in [-0.2, -0.15) is 0 Å². The van der Waals surface area contributed by atoms with Crippen LogP contribution in [0.15, 0.2) is 47.4 Å². The van der Waals surface area contributed by atoms with Crippen LogP contribution in [0.2, 0.25) is 0 Å². The number of nitrogens with zero attached hydrogens (tertiary/aromatic N) is 1. The fourth-order valence-electron chi connectivity index (χ4n) is 2.24. The van der Waals surface area contributed by atoms with Gasteiger partial charge in [-0.3, -0.25) is 4.31 Å². The average molecular weight is 308 g/mol. The minimum Gasteiger partial charge on any atom is -0.489 e. The van der Waals surface area contributed by atoms with E-state index in [1.165, 1.54) is 12.1 Å². The molecule has 0 saturated carbocycles. The van der Waals surface area contributed by atoms with E-state index in [9.17, 15) is 12.8 Å². The lowest BCUT2D eigenvalue weighted by Gasteiger charge is -2.30. The van der Waals surface area contributed by atoms with Crippen molar-refractivity contribution in [2.75, 3.05) is 23.2 Å². The molecule has 7 heteroatoms. The van der Waals surface area contributed by atoms with Crippen molar-refractivity contribution in [2.45, 2.75) is 4.90 Å². The van der Waals surface area contributed by atoms with Gasteiger partial charge in [-0.05, 0) is 30.3 Å². The molecule has 110 valence electrons. The molecule has 0 amide bonds. The van der Waals surface area contributed by atoms with Gasteiger partial charge in [-0.25, -0.2) is 12.8 Å². The van der Waals surface area contributed by atoms with Crippen molar-refractivity contribution in [3.05, 3.63) is 48.3 Å². The van der Waals surface area contributed by atoms with Crippen LogP contribution in [0.3, 0.4) is 0 Å². The van der Waals surface area contributed by atoms with Gasteiger partial charge in [0.05, 0.1) is 12.2 Å². The Morgan fingerprint density at radius 1 is 1.19 bits per heavy atom. The lowest BCUT2D eigenvalue weighted by Crippen LogP contribution is -2.38. The van der Waals surface area contributed by atoms with Gasteiger partial charge in [0.25, 0.3) is 10.0 Å². The number of benzene rings is 2. The number of hydrogen-bond donors (Lipinski definition) is 1. The minimum atomic E-state index is -4.00. The van der Waals surface area contributed by atoms with Crippen LogP contribution in [-0.2, 0) is 10.0 Å². The second-order valence-electron chi connectivity index (χ2n) is 4.58. The lowest BCUT2D eigenvalue weighted by molar-refractivity contribution is 0.315. The van der Waals surface area contributed by atoms with Gasteiger partial charge in [0, 0.05) is 5.69 Å². The van der Waals surface area contributed by atoms with E-state index in [1.54, 1.807) is 24.3 Å². The molecule has 0 aromatic heterocycles. The molecule has 0 aliphatic carbocycles. The van der Waals surface area contributed by atoms with Gasteiger partial charge in [0.15, 0.2) is 0 Å². The average Bonchev–Trinajstić information content (AvgIpc) is 2.46. The fraction of sp³-hybridized carbons (Fsp3) is 0.143. The summed E-state index contributed by atoms with van der Waals surface area (Å²) in [5.74, 6) is -0.401. The van der Waals surface area contributed by atoms with Crippen LogP contribution in [-0.4, -0.2) is 21.6 Å². The Labute approximate surface area is 121 Å². The van der Waals surface area contributed by atoms with Crippen LogP contribution in [0.4, 0.5) is 15.8 Å². The number of nitrogens with two attached hydrogens (primary N) is 1. The van der Waals surface area contributed by atoms with E-state index in [0.717, 1.165) is 10.4 Å². The Morgan fingerprint density at radius 3 is 2.71 bits per heavy atom. The lowest BCUT2D eigenvalue weighted by atomic mass is 10.2. The highest BCUT2D eigenvalue weighted by Crippen LogP contribution is 2.35. The van der Waals surface area contributed by atoms with Gasteiger partial charge in [-0.15, -0.1) is 0 Å². The van der Waals surface area contributed by atoms with Crippen LogP contribution in [0, 0.1) is 5.82 Å². The van der Waals surface area contributed by atoms with Crippen LogP contribution in [0.1, 0.15) is 0 Å². The van der Waals surface area contributed by atoms with Gasteiger partial charge in [0.2, 0.25) is 0 Å². The van der Waals surface area contributed by atoms with E-state index in [-0.39, 0.29) is 18.8 Å². The second-order valence-corrected chi connectivity index (χ2v) is 6.41. The third kappa shape index (κ3) is 2.29. The number of hydrogen-bond acceptors (Lipinski definition) is 4. The first-order chi connectivity index (χ1) is 10.00. The number of para-hydroxylation sites is 2. The summed E-state index contributed by atoms with van der Waals surface area (Å²) in [6.07, 6.45) is 0. The molecule has 0 spiro atoms. The Balaban J connectivity index is 2.12. The Morgan fingerprint density at radius 2 is 1.95 bits per heavy atom. The molecule has 0 saturated heterocycles. The number of ether oxygens (including phenoxy) is 1. The van der Waals surface area contributed by atoms with E-state index in [4.69, 9.17) is 10.5 Å². The molecule has 0 radical (unpaired) electrons. The normalized spacial score (nSPS) is 14.4. The van der Waals surface area contributed by atoms with E-state index >= 15 is 0 Å². The van der Waals surface area contributed by atoms with Crippen molar-refractivity contribution >= 4 is 21.4 Å². The Bertz CT molecular complexity index is 793. The molecular weight excluding hydrogens is 295 g/mol. The second kappa shape index (κ2) is 4.92. The zero-order valence-electron chi connectivity index (χ0n) is 11.0. The van der Waals surface area contributed by atoms with Crippen molar-refractivity contribution in [3.8, 4) is 5.75 Å². The molecule has 2 aromatic carbocycles. The van der Waals surface area contributed by atoms with Crippen molar-refractivity contribution in [2.24, 2.45) is 0 Å². The van der Waals surface area contributed by atoms with Crippen molar-refractivity contribution in [1.82, 2.24) is 0 Å². The van der Waals surface area contributed by atoms with E-state index < -0.39 is 20.7 Å². The summed E-state index contributed by atoms with van der Waals surface area (Å²) in [5, 5.41) is 0. The number of nitrogen functional groups attached to an aromatic ring is 1. The molecule has 2 aromatic rings. The highest BCUT2D eigenvalue weighted by Gasteiger charge is 2.31. The first kappa shape index (κ1) is 13.7. The molecule has 0 unspecified atom stereocenters. The molecule has 2 N–H and O–H groups in total. The monoisotopic (exact) mass is 308 g/mol. The fourth-order valence-corrected chi connectivity index (χ4v) is 3.75. The summed E-state index contributed by atoms with van der Waals surface area (Å²) in [7, 11) is -4.00. The number of rotatable bonds is 2. The molecule has 5 nitrogen and oxygen atoms in total. The van der Waals surface area contributed by atoms with Gasteiger partial charge < -0.3 is 10.5 Å². The highest BCUT2D eigenvalue weighted by molar-refractivity contribution is 7.92. The predicted octanol–water partition coefficient (Wildman–Crippen LogP) is 2.00. The maximum atomic E-state index is 14.0. The largest absolute Gasteiger partial charge is 0.489 e. The zero-order valence-corrected chi connectivity index (χ0v) is 11.8. The third-order valence-electron chi connectivity index (χ3n) is 3.21. The van der Waals surface area contributed by atoms with Crippen molar-refractivity contribution in [1.29, 1.82) is 0 Å². The molecule has 0 atom stereocenters. The van der Waals surface area contributed by atoms with Crippen LogP contribution < -0.4 is 14.8 Å². The minimum absolute atomic E-state index is 0.128. The van der Waals surface area contributed by atoms with Gasteiger partial charge in [-0.1, -0.05) is 12.1 Å². The Hall–Kier alpha value is -2.28. The summed E-state index contributed by atoms with van der Waals surface area (Å²) < 4.78 is 45.9. The number of anilines is 2. The van der Waals surface area contributed by atoms with Crippen molar-refractivity contribution in [3.63, 3.8) is 0 Å². The molecular formula is C14H13FN2O3S. The first-order valence-electron chi connectivity index (χ1n) is 6.30. The highest BCUT2D eigenvalue weighted by atomic mass is 32.2. The van der Waals surface area contributed by atoms with Crippen molar-refractivity contribution < 1.29 is 17.5 Å². The SMILES string of the molecule is Nc1ccc(S(=O)(=O)N2CCOc3ccccc32)c(F)c1. The summed E-state index contributed by atoms with van der Waals surface area (Å²) >= 11 is 0. The molecule has 1 heterocycles. The maximum absolute atomic E-state index is 14.0. The van der Waals surface area contributed by atoms with E-state index in [2.05, 4.69) is 0 Å². The third-order valence-corrected chi connectivity index (χ3v) is 5.06. The van der Waals surface area contributed by atoms with Crippen LogP contribution in [0.5, 0.6) is 5.75 Å². The predicted molar refractivity (Wildman–Crippen MR) is 77.3 cm³/mol. The standard InChI is InChI=1S/C14H13FN2O3S/c15-11-9-10(16)5-6-14(11)21(18,19)17-7-8-20-13-4-2-1-3-12(13)17/h1-6,9H,7-8,16H2. The smallest absolute Gasteiger partial charge is 0.267 e. The summed E-state index contributed by atoms with van der Waals surface area (Å²) in [4.78, 5) is -0.395. The zero-order chi connectivity index (χ0) is 15.0. The van der Waals surface area contributed by atoms with Gasteiger partial charge >= 0.3 is 0 Å². The maximum Gasteiger partial charge on any atom is 0.267 e. The van der Waals surface area contributed by atoms with Crippen LogP contribution >= 0.6 is 0 Å². The quantitative estimate of drug-likeness (QED) is 0.861. The number of sulfonamides is 1. The number of halogens is 1. The number of fused-ring (bicyclic) bond motifs is 1. The Kier molecular flexibility index (Phi) is 3.21. The van der Waals surface area contributed by atoms with Gasteiger partial charge in [0.1, 0.15) is 23.1 Å². The van der Waals surface area contributed by atoms with E-state index in [0.29, 0.717) is 11.4 Å². The summed E-state index contributed by atoms with van der Waals surface area (Å²) in [5.41, 5.74) is 6.03. The molecule has 3 rings (SSSR count). The van der Waals surface area contributed by atoms with E-state index in [1.807, 2.05) is 0 Å². The molecule has 0 bridgehead atoms.